The zero-order chi connectivity index (χ0) is 19.0. The van der Waals surface area contributed by atoms with Crippen LogP contribution in [0.4, 0.5) is 0 Å². The first-order chi connectivity index (χ1) is 12.4. The molecule has 2 aromatic rings. The molecule has 0 amide bonds. The molecule has 0 radical (unpaired) electrons. The SMILES string of the molecule is CCNC(=NCc1ccc(OC(C)C)cc1)NCC(C)(O)c1ccco1.I. The van der Waals surface area contributed by atoms with Crippen LogP contribution in [0.25, 0.3) is 0 Å². The summed E-state index contributed by atoms with van der Waals surface area (Å²) < 4.78 is 10.9. The van der Waals surface area contributed by atoms with E-state index in [4.69, 9.17) is 9.15 Å². The average molecular weight is 487 g/mol. The third-order valence-electron chi connectivity index (χ3n) is 3.71. The molecular weight excluding hydrogens is 457 g/mol. The largest absolute Gasteiger partial charge is 0.491 e. The molecule has 150 valence electrons. The summed E-state index contributed by atoms with van der Waals surface area (Å²) in [7, 11) is 0. The molecule has 0 saturated heterocycles. The number of benzene rings is 1. The summed E-state index contributed by atoms with van der Waals surface area (Å²) in [5.74, 6) is 2.01. The number of guanidine groups is 1. The van der Waals surface area contributed by atoms with Crippen LogP contribution >= 0.6 is 24.0 Å². The van der Waals surface area contributed by atoms with Crippen LogP contribution in [-0.4, -0.2) is 30.3 Å². The van der Waals surface area contributed by atoms with Crippen LogP contribution in [0.3, 0.4) is 0 Å². The number of ether oxygens (including phenoxy) is 1. The van der Waals surface area contributed by atoms with Gasteiger partial charge in [-0.25, -0.2) is 4.99 Å². The Bertz CT molecular complexity index is 683. The van der Waals surface area contributed by atoms with Crippen molar-refractivity contribution in [3.05, 3.63) is 54.0 Å². The van der Waals surface area contributed by atoms with E-state index >= 15 is 0 Å². The van der Waals surface area contributed by atoms with Gasteiger partial charge in [-0.15, -0.1) is 24.0 Å². The molecule has 3 N–H and O–H groups in total. The molecule has 0 aliphatic rings. The highest BCUT2D eigenvalue weighted by molar-refractivity contribution is 14.0. The Morgan fingerprint density at radius 3 is 2.48 bits per heavy atom. The van der Waals surface area contributed by atoms with Gasteiger partial charge in [0.1, 0.15) is 17.1 Å². The lowest BCUT2D eigenvalue weighted by Gasteiger charge is -2.22. The highest BCUT2D eigenvalue weighted by atomic mass is 127. The van der Waals surface area contributed by atoms with Crippen molar-refractivity contribution in [3.8, 4) is 5.75 Å². The molecule has 1 aromatic carbocycles. The first kappa shape index (κ1) is 23.3. The van der Waals surface area contributed by atoms with E-state index in [2.05, 4.69) is 15.6 Å². The van der Waals surface area contributed by atoms with Gasteiger partial charge in [0.05, 0.1) is 25.5 Å². The summed E-state index contributed by atoms with van der Waals surface area (Å²) in [5, 5.41) is 16.9. The van der Waals surface area contributed by atoms with E-state index in [0.29, 0.717) is 18.3 Å². The highest BCUT2D eigenvalue weighted by Crippen LogP contribution is 2.19. The molecule has 2 rings (SSSR count). The van der Waals surface area contributed by atoms with Crippen LogP contribution in [-0.2, 0) is 12.1 Å². The number of hydrogen-bond acceptors (Lipinski definition) is 4. The number of nitrogens with one attached hydrogen (secondary N) is 2. The van der Waals surface area contributed by atoms with Gasteiger partial charge in [-0.2, -0.15) is 0 Å². The normalized spacial score (nSPS) is 13.6. The molecule has 1 heterocycles. The van der Waals surface area contributed by atoms with Gasteiger partial charge in [0, 0.05) is 6.54 Å². The highest BCUT2D eigenvalue weighted by Gasteiger charge is 2.26. The van der Waals surface area contributed by atoms with Crippen LogP contribution in [0.1, 0.15) is 39.0 Å². The number of halogens is 1. The van der Waals surface area contributed by atoms with Gasteiger partial charge in [-0.1, -0.05) is 12.1 Å². The predicted octanol–water partition coefficient (Wildman–Crippen LogP) is 3.65. The zero-order valence-electron chi connectivity index (χ0n) is 16.4. The number of aliphatic hydroxyl groups is 1. The molecule has 1 atom stereocenters. The van der Waals surface area contributed by atoms with Gasteiger partial charge in [0.2, 0.25) is 0 Å². The lowest BCUT2D eigenvalue weighted by molar-refractivity contribution is 0.0386. The molecule has 7 heteroatoms. The molecule has 0 bridgehead atoms. The van der Waals surface area contributed by atoms with Gasteiger partial charge >= 0.3 is 0 Å². The fourth-order valence-electron chi connectivity index (χ4n) is 2.39. The summed E-state index contributed by atoms with van der Waals surface area (Å²) in [4.78, 5) is 4.57. The van der Waals surface area contributed by atoms with Crippen molar-refractivity contribution >= 4 is 29.9 Å². The molecule has 0 aliphatic carbocycles. The van der Waals surface area contributed by atoms with Crippen LogP contribution in [0.15, 0.2) is 52.1 Å². The fourth-order valence-corrected chi connectivity index (χ4v) is 2.39. The number of aliphatic imine (C=N–C) groups is 1. The van der Waals surface area contributed by atoms with Gasteiger partial charge in [0.25, 0.3) is 0 Å². The van der Waals surface area contributed by atoms with Crippen LogP contribution in [0.5, 0.6) is 5.75 Å². The quantitative estimate of drug-likeness (QED) is 0.301. The second-order valence-corrected chi connectivity index (χ2v) is 6.61. The Balaban J connectivity index is 0.00000364. The summed E-state index contributed by atoms with van der Waals surface area (Å²) >= 11 is 0. The average Bonchev–Trinajstić information content (AvgIpc) is 3.14. The lowest BCUT2D eigenvalue weighted by atomic mass is 10.0. The summed E-state index contributed by atoms with van der Waals surface area (Å²) in [6, 6.07) is 11.4. The molecule has 6 nitrogen and oxygen atoms in total. The van der Waals surface area contributed by atoms with Crippen LogP contribution in [0, 0.1) is 0 Å². The minimum absolute atomic E-state index is 0. The Morgan fingerprint density at radius 1 is 1.22 bits per heavy atom. The molecular formula is C20H30IN3O3. The van der Waals surface area contributed by atoms with E-state index < -0.39 is 5.60 Å². The van der Waals surface area contributed by atoms with E-state index in [0.717, 1.165) is 17.9 Å². The molecule has 0 spiro atoms. The summed E-state index contributed by atoms with van der Waals surface area (Å²) in [5.41, 5.74) is -0.0358. The first-order valence-corrected chi connectivity index (χ1v) is 8.95. The molecule has 1 aromatic heterocycles. The lowest BCUT2D eigenvalue weighted by Crippen LogP contribution is -2.44. The van der Waals surface area contributed by atoms with Gasteiger partial charge in [0.15, 0.2) is 5.96 Å². The van der Waals surface area contributed by atoms with Crippen molar-refractivity contribution in [2.45, 2.75) is 45.9 Å². The number of rotatable bonds is 8. The van der Waals surface area contributed by atoms with Crippen molar-refractivity contribution < 1.29 is 14.3 Å². The number of hydrogen-bond donors (Lipinski definition) is 3. The monoisotopic (exact) mass is 487 g/mol. The van der Waals surface area contributed by atoms with Gasteiger partial charge < -0.3 is 24.9 Å². The molecule has 0 fully saturated rings. The zero-order valence-corrected chi connectivity index (χ0v) is 18.7. The van der Waals surface area contributed by atoms with Crippen LogP contribution < -0.4 is 15.4 Å². The van der Waals surface area contributed by atoms with E-state index in [-0.39, 0.29) is 36.6 Å². The number of furan rings is 1. The predicted molar refractivity (Wildman–Crippen MR) is 119 cm³/mol. The van der Waals surface area contributed by atoms with Gasteiger partial charge in [-0.3, -0.25) is 0 Å². The Morgan fingerprint density at radius 2 is 1.93 bits per heavy atom. The topological polar surface area (TPSA) is 79.0 Å². The standard InChI is InChI=1S/C20H29N3O3.HI/c1-5-21-19(23-14-20(4,24)18-7-6-12-25-18)22-13-16-8-10-17(11-9-16)26-15(2)3;/h6-12,15,24H,5,13-14H2,1-4H3,(H2,21,22,23);1H. The van der Waals surface area contributed by atoms with Crippen molar-refractivity contribution in [1.82, 2.24) is 10.6 Å². The molecule has 27 heavy (non-hydrogen) atoms. The van der Waals surface area contributed by atoms with E-state index in [1.165, 1.54) is 0 Å². The maximum Gasteiger partial charge on any atom is 0.191 e. The van der Waals surface area contributed by atoms with Crippen molar-refractivity contribution in [3.63, 3.8) is 0 Å². The molecule has 0 saturated carbocycles. The van der Waals surface area contributed by atoms with Crippen molar-refractivity contribution in [1.29, 1.82) is 0 Å². The van der Waals surface area contributed by atoms with Crippen LogP contribution in [0.2, 0.25) is 0 Å². The van der Waals surface area contributed by atoms with E-state index in [9.17, 15) is 5.11 Å². The molecule has 1 unspecified atom stereocenters. The minimum Gasteiger partial charge on any atom is -0.491 e. The van der Waals surface area contributed by atoms with Crippen molar-refractivity contribution in [2.75, 3.05) is 13.1 Å². The van der Waals surface area contributed by atoms with Crippen molar-refractivity contribution in [2.24, 2.45) is 4.99 Å². The second-order valence-electron chi connectivity index (χ2n) is 6.61. The van der Waals surface area contributed by atoms with E-state index in [1.807, 2.05) is 45.0 Å². The smallest absolute Gasteiger partial charge is 0.191 e. The first-order valence-electron chi connectivity index (χ1n) is 8.95. The maximum atomic E-state index is 10.5. The summed E-state index contributed by atoms with van der Waals surface area (Å²) in [6.07, 6.45) is 1.71. The van der Waals surface area contributed by atoms with Gasteiger partial charge in [-0.05, 0) is 57.5 Å². The number of nitrogens with zero attached hydrogens (tertiary/aromatic N) is 1. The maximum absolute atomic E-state index is 10.5. The third kappa shape index (κ3) is 7.80. The Labute approximate surface area is 178 Å². The molecule has 0 aliphatic heterocycles. The Hall–Kier alpha value is -1.74. The Kier molecular flexibility index (Phi) is 9.65. The fraction of sp³-hybridized carbons (Fsp3) is 0.450. The third-order valence-corrected chi connectivity index (χ3v) is 3.71. The van der Waals surface area contributed by atoms with E-state index in [1.54, 1.807) is 25.3 Å². The minimum atomic E-state index is -1.12. The second kappa shape index (κ2) is 11.2. The summed E-state index contributed by atoms with van der Waals surface area (Å²) in [6.45, 7) is 9.26.